The van der Waals surface area contributed by atoms with E-state index in [4.69, 9.17) is 4.74 Å². The van der Waals surface area contributed by atoms with Gasteiger partial charge in [0.15, 0.2) is 0 Å². The molecule has 1 aromatic carbocycles. The van der Waals surface area contributed by atoms with Gasteiger partial charge in [-0.05, 0) is 58.0 Å². The van der Waals surface area contributed by atoms with Crippen LogP contribution in [0.15, 0.2) is 18.2 Å². The van der Waals surface area contributed by atoms with E-state index in [9.17, 15) is 9.50 Å². The molecule has 0 aliphatic carbocycles. The molecule has 0 radical (unpaired) electrons. The molecule has 1 atom stereocenters. The second kappa shape index (κ2) is 6.75. The molecule has 4 heteroatoms. The van der Waals surface area contributed by atoms with Crippen LogP contribution in [0.2, 0.25) is 0 Å². The summed E-state index contributed by atoms with van der Waals surface area (Å²) in [7, 11) is 1.54. The Balaban J connectivity index is 2.28. The van der Waals surface area contributed by atoms with E-state index >= 15 is 0 Å². The van der Waals surface area contributed by atoms with Gasteiger partial charge in [-0.25, -0.2) is 4.39 Å². The van der Waals surface area contributed by atoms with Crippen molar-refractivity contribution in [3.63, 3.8) is 0 Å². The number of rotatable bonds is 4. The summed E-state index contributed by atoms with van der Waals surface area (Å²) in [5.74, 6) is 0.184. The van der Waals surface area contributed by atoms with Crippen molar-refractivity contribution in [3.05, 3.63) is 29.6 Å². The number of aliphatic hydroxyl groups excluding tert-OH is 1. The maximum atomic E-state index is 13.6. The van der Waals surface area contributed by atoms with Crippen molar-refractivity contribution < 1.29 is 14.2 Å². The Kier molecular flexibility index (Phi) is 5.22. The Bertz CT molecular complexity index is 468. The molecule has 0 aromatic heterocycles. The molecule has 1 unspecified atom stereocenters. The summed E-state index contributed by atoms with van der Waals surface area (Å²) in [6, 6.07) is 4.31. The highest BCUT2D eigenvalue weighted by atomic mass is 19.1. The summed E-state index contributed by atoms with van der Waals surface area (Å²) in [6.45, 7) is 5.99. The first-order valence-electron chi connectivity index (χ1n) is 7.73. The van der Waals surface area contributed by atoms with E-state index in [0.29, 0.717) is 11.3 Å². The predicted octanol–water partition coefficient (Wildman–Crippen LogP) is 3.52. The van der Waals surface area contributed by atoms with Gasteiger partial charge in [0.05, 0.1) is 7.11 Å². The van der Waals surface area contributed by atoms with Gasteiger partial charge in [-0.2, -0.15) is 0 Å². The van der Waals surface area contributed by atoms with Crippen LogP contribution in [0.4, 0.5) is 4.39 Å². The average molecular weight is 295 g/mol. The lowest BCUT2D eigenvalue weighted by Crippen LogP contribution is -2.49. The maximum Gasteiger partial charge on any atom is 0.124 e. The van der Waals surface area contributed by atoms with Gasteiger partial charge >= 0.3 is 0 Å². The van der Waals surface area contributed by atoms with Crippen LogP contribution in [-0.2, 0) is 0 Å². The fraction of sp³-hybridized carbons (Fsp3) is 0.647. The second-order valence-corrected chi connectivity index (χ2v) is 6.34. The monoisotopic (exact) mass is 295 g/mol. The van der Waals surface area contributed by atoms with Crippen molar-refractivity contribution >= 4 is 0 Å². The molecular formula is C17H26FNO2. The van der Waals surface area contributed by atoms with Crippen molar-refractivity contribution in [2.75, 3.05) is 20.2 Å². The molecule has 1 aliphatic heterocycles. The molecule has 21 heavy (non-hydrogen) atoms. The first kappa shape index (κ1) is 16.2. The van der Waals surface area contributed by atoms with Crippen LogP contribution < -0.4 is 4.74 Å². The molecule has 3 nitrogen and oxygen atoms in total. The maximum absolute atomic E-state index is 13.6. The van der Waals surface area contributed by atoms with Gasteiger partial charge in [-0.3, -0.25) is 4.90 Å². The number of likely N-dealkylation sites (tertiary alicyclic amines) is 1. The van der Waals surface area contributed by atoms with Crippen molar-refractivity contribution in [2.45, 2.75) is 51.2 Å². The van der Waals surface area contributed by atoms with E-state index in [1.807, 2.05) is 13.8 Å². The Morgan fingerprint density at radius 2 is 1.81 bits per heavy atom. The molecule has 1 saturated heterocycles. The molecule has 2 rings (SSSR count). The molecule has 118 valence electrons. The number of benzene rings is 1. The number of hydrogen-bond acceptors (Lipinski definition) is 3. The summed E-state index contributed by atoms with van der Waals surface area (Å²) in [5.41, 5.74) is 0.0672. The summed E-state index contributed by atoms with van der Waals surface area (Å²) in [6.07, 6.45) is 3.99. The molecular weight excluding hydrogens is 269 g/mol. The first-order chi connectivity index (χ1) is 9.96. The molecule has 0 amide bonds. The minimum atomic E-state index is -0.791. The van der Waals surface area contributed by atoms with Gasteiger partial charge in [0, 0.05) is 11.1 Å². The van der Waals surface area contributed by atoms with Crippen molar-refractivity contribution in [1.29, 1.82) is 0 Å². The van der Waals surface area contributed by atoms with E-state index < -0.39 is 11.6 Å². The minimum absolute atomic E-state index is 0.350. The highest BCUT2D eigenvalue weighted by Crippen LogP contribution is 2.37. The molecule has 0 bridgehead atoms. The molecule has 1 aliphatic rings. The number of nitrogens with zero attached hydrogens (tertiary/aromatic N) is 1. The highest BCUT2D eigenvalue weighted by Gasteiger charge is 2.36. The molecule has 1 fully saturated rings. The SMILES string of the molecule is COc1ccc(F)cc1C(O)C(C)(C)N1CCCCCC1. The number of halogens is 1. The lowest BCUT2D eigenvalue weighted by atomic mass is 9.88. The van der Waals surface area contributed by atoms with Gasteiger partial charge in [0.1, 0.15) is 17.7 Å². The van der Waals surface area contributed by atoms with E-state index in [1.165, 1.54) is 25.0 Å². The standard InChI is InChI=1S/C17H26FNO2/c1-17(2,19-10-6-4-5-7-11-19)16(20)14-12-13(18)8-9-15(14)21-3/h8-9,12,16,20H,4-7,10-11H2,1-3H3. The summed E-state index contributed by atoms with van der Waals surface area (Å²) >= 11 is 0. The third-order valence-corrected chi connectivity index (χ3v) is 4.58. The summed E-state index contributed by atoms with van der Waals surface area (Å²) in [5, 5.41) is 10.8. The van der Waals surface area contributed by atoms with Crippen LogP contribution in [0.5, 0.6) is 5.75 Å². The third-order valence-electron chi connectivity index (χ3n) is 4.58. The second-order valence-electron chi connectivity index (χ2n) is 6.34. The molecule has 0 spiro atoms. The zero-order chi connectivity index (χ0) is 15.5. The first-order valence-corrected chi connectivity index (χ1v) is 7.73. The Hall–Kier alpha value is -1.13. The molecule has 1 aromatic rings. The lowest BCUT2D eigenvalue weighted by molar-refractivity contribution is -0.0113. The normalized spacial score (nSPS) is 19.1. The van der Waals surface area contributed by atoms with Gasteiger partial charge in [-0.1, -0.05) is 12.8 Å². The van der Waals surface area contributed by atoms with Crippen LogP contribution >= 0.6 is 0 Å². The number of methoxy groups -OCH3 is 1. The lowest BCUT2D eigenvalue weighted by Gasteiger charge is -2.42. The highest BCUT2D eigenvalue weighted by molar-refractivity contribution is 5.37. The Morgan fingerprint density at radius 1 is 1.19 bits per heavy atom. The van der Waals surface area contributed by atoms with Gasteiger partial charge in [-0.15, -0.1) is 0 Å². The average Bonchev–Trinajstić information content (AvgIpc) is 2.76. The zero-order valence-electron chi connectivity index (χ0n) is 13.2. The van der Waals surface area contributed by atoms with Crippen LogP contribution in [0, 0.1) is 5.82 Å². The minimum Gasteiger partial charge on any atom is -0.496 e. The number of hydrogen-bond donors (Lipinski definition) is 1. The fourth-order valence-electron chi connectivity index (χ4n) is 3.12. The number of aliphatic hydroxyl groups is 1. The van der Waals surface area contributed by atoms with E-state index in [1.54, 1.807) is 13.2 Å². The number of ether oxygens (including phenoxy) is 1. The van der Waals surface area contributed by atoms with Gasteiger partial charge in [0.25, 0.3) is 0 Å². The zero-order valence-corrected chi connectivity index (χ0v) is 13.2. The Labute approximate surface area is 126 Å². The smallest absolute Gasteiger partial charge is 0.124 e. The van der Waals surface area contributed by atoms with Crippen LogP contribution in [0.1, 0.15) is 51.2 Å². The quantitative estimate of drug-likeness (QED) is 0.922. The van der Waals surface area contributed by atoms with Crippen molar-refractivity contribution in [3.8, 4) is 5.75 Å². The van der Waals surface area contributed by atoms with E-state index in [0.717, 1.165) is 25.9 Å². The summed E-state index contributed by atoms with van der Waals surface area (Å²) < 4.78 is 18.8. The molecule has 1 N–H and O–H groups in total. The van der Waals surface area contributed by atoms with Gasteiger partial charge < -0.3 is 9.84 Å². The largest absolute Gasteiger partial charge is 0.496 e. The fourth-order valence-corrected chi connectivity index (χ4v) is 3.12. The Morgan fingerprint density at radius 3 is 2.38 bits per heavy atom. The third kappa shape index (κ3) is 3.55. The van der Waals surface area contributed by atoms with Crippen LogP contribution in [-0.4, -0.2) is 35.7 Å². The molecule has 0 saturated carbocycles. The summed E-state index contributed by atoms with van der Waals surface area (Å²) in [4.78, 5) is 2.31. The van der Waals surface area contributed by atoms with Crippen LogP contribution in [0.3, 0.4) is 0 Å². The molecule has 1 heterocycles. The van der Waals surface area contributed by atoms with Crippen LogP contribution in [0.25, 0.3) is 0 Å². The topological polar surface area (TPSA) is 32.7 Å². The predicted molar refractivity (Wildman–Crippen MR) is 82.0 cm³/mol. The van der Waals surface area contributed by atoms with Crippen molar-refractivity contribution in [1.82, 2.24) is 4.90 Å². The van der Waals surface area contributed by atoms with Gasteiger partial charge in [0.2, 0.25) is 0 Å². The van der Waals surface area contributed by atoms with Crippen molar-refractivity contribution in [2.24, 2.45) is 0 Å². The van der Waals surface area contributed by atoms with E-state index in [-0.39, 0.29) is 5.82 Å². The van der Waals surface area contributed by atoms with E-state index in [2.05, 4.69) is 4.90 Å².